The predicted molar refractivity (Wildman–Crippen MR) is 66.3 cm³/mol. The molecule has 2 N–H and O–H groups in total. The van der Waals surface area contributed by atoms with Gasteiger partial charge in [-0.25, -0.2) is 22.9 Å². The number of alkyl halides is 3. The zero-order valence-electron chi connectivity index (χ0n) is 10.8. The molecule has 21 heavy (non-hydrogen) atoms. The van der Waals surface area contributed by atoms with Gasteiger partial charge in [-0.2, -0.15) is 13.2 Å². The summed E-state index contributed by atoms with van der Waals surface area (Å²) in [6, 6.07) is 0. The normalized spacial score (nSPS) is 12.5. The van der Waals surface area contributed by atoms with Gasteiger partial charge in [0, 0.05) is 25.7 Å². The monoisotopic (exact) mass is 329 g/mol. The molecule has 1 heterocycles. The van der Waals surface area contributed by atoms with Gasteiger partial charge in [0.15, 0.2) is 5.69 Å². The first-order valence-corrected chi connectivity index (χ1v) is 7.53. The van der Waals surface area contributed by atoms with Crippen LogP contribution in [0, 0.1) is 0 Å². The van der Waals surface area contributed by atoms with Crippen molar-refractivity contribution in [2.45, 2.75) is 25.6 Å². The first-order chi connectivity index (χ1) is 9.59. The summed E-state index contributed by atoms with van der Waals surface area (Å²) >= 11 is 0. The van der Waals surface area contributed by atoms with Gasteiger partial charge in [-0.3, -0.25) is 0 Å². The van der Waals surface area contributed by atoms with Gasteiger partial charge in [0.2, 0.25) is 10.0 Å². The Hall–Kier alpha value is -1.62. The number of carbonyl (C=O) groups is 1. The molecule has 0 aliphatic rings. The van der Waals surface area contributed by atoms with Crippen LogP contribution in [-0.4, -0.2) is 47.5 Å². The van der Waals surface area contributed by atoms with Crippen LogP contribution in [0.3, 0.4) is 0 Å². The van der Waals surface area contributed by atoms with E-state index in [1.54, 1.807) is 0 Å². The molecule has 1 rings (SSSR count). The van der Waals surface area contributed by atoms with Crippen molar-refractivity contribution in [1.82, 2.24) is 14.3 Å². The number of hydrogen-bond donors (Lipinski definition) is 2. The van der Waals surface area contributed by atoms with Crippen LogP contribution in [0.2, 0.25) is 0 Å². The largest absolute Gasteiger partial charge is 0.476 e. The number of aromatic nitrogens is 2. The van der Waals surface area contributed by atoms with E-state index in [1.165, 1.54) is 17.1 Å². The quantitative estimate of drug-likeness (QED) is 0.736. The molecule has 0 aliphatic carbocycles. The summed E-state index contributed by atoms with van der Waals surface area (Å²) in [5, 5.41) is 8.64. The number of imidazole rings is 1. The Bertz CT molecular complexity index is 583. The fourth-order valence-corrected chi connectivity index (χ4v) is 2.53. The van der Waals surface area contributed by atoms with Crippen LogP contribution in [0.25, 0.3) is 0 Å². The van der Waals surface area contributed by atoms with E-state index < -0.39 is 40.8 Å². The predicted octanol–water partition coefficient (Wildman–Crippen LogP) is 0.843. The number of aromatic carboxylic acids is 1. The van der Waals surface area contributed by atoms with Gasteiger partial charge in [-0.05, 0) is 6.42 Å². The second-order valence-electron chi connectivity index (χ2n) is 4.23. The van der Waals surface area contributed by atoms with Crippen molar-refractivity contribution in [2.24, 2.45) is 0 Å². The molecule has 7 nitrogen and oxygen atoms in total. The lowest BCUT2D eigenvalue weighted by Gasteiger charge is -2.08. The zero-order valence-corrected chi connectivity index (χ0v) is 11.6. The Labute approximate surface area is 118 Å². The summed E-state index contributed by atoms with van der Waals surface area (Å²) < 4.78 is 62.0. The molecule has 0 aliphatic heterocycles. The van der Waals surface area contributed by atoms with Crippen molar-refractivity contribution in [3.63, 3.8) is 0 Å². The maximum absolute atomic E-state index is 11.9. The van der Waals surface area contributed by atoms with E-state index in [0.29, 0.717) is 0 Å². The molecule has 0 radical (unpaired) electrons. The van der Waals surface area contributed by atoms with Crippen molar-refractivity contribution in [2.75, 3.05) is 12.3 Å². The highest BCUT2D eigenvalue weighted by molar-refractivity contribution is 7.89. The first kappa shape index (κ1) is 17.4. The highest BCUT2D eigenvalue weighted by Crippen LogP contribution is 2.21. The molecule has 0 saturated carbocycles. The van der Waals surface area contributed by atoms with E-state index in [1.807, 2.05) is 0 Å². The molecule has 1 aromatic rings. The fraction of sp³-hybridized carbons (Fsp3) is 0.600. The molecule has 11 heteroatoms. The Kier molecular flexibility index (Phi) is 5.72. The fourth-order valence-electron chi connectivity index (χ4n) is 1.46. The summed E-state index contributed by atoms with van der Waals surface area (Å²) in [6.45, 7) is 0.0581. The summed E-state index contributed by atoms with van der Waals surface area (Å²) in [5.74, 6) is -1.82. The standard InChI is InChI=1S/C10H14F3N3O4S/c11-10(12,13)2-1-5-21(19,20)15-3-4-16-6-8(9(17)18)14-7-16/h6-7,15H,1-5H2,(H,17,18). The molecule has 0 fully saturated rings. The number of carboxylic acid groups (broad SMARTS) is 1. The number of halogens is 3. The lowest BCUT2D eigenvalue weighted by Crippen LogP contribution is -2.30. The summed E-state index contributed by atoms with van der Waals surface area (Å²) in [6.07, 6.45) is -3.59. The maximum Gasteiger partial charge on any atom is 0.389 e. The van der Waals surface area contributed by atoms with Gasteiger partial charge in [0.05, 0.1) is 12.1 Å². The van der Waals surface area contributed by atoms with E-state index in [4.69, 9.17) is 5.11 Å². The van der Waals surface area contributed by atoms with Gasteiger partial charge in [-0.1, -0.05) is 0 Å². The Morgan fingerprint density at radius 3 is 2.62 bits per heavy atom. The van der Waals surface area contributed by atoms with E-state index in [-0.39, 0.29) is 18.8 Å². The number of sulfonamides is 1. The SMILES string of the molecule is O=C(O)c1cn(CCNS(=O)(=O)CCCC(F)(F)F)cn1. The molecule has 0 amide bonds. The third-order valence-electron chi connectivity index (χ3n) is 2.42. The number of hydrogen-bond acceptors (Lipinski definition) is 4. The van der Waals surface area contributed by atoms with Crippen molar-refractivity contribution in [3.8, 4) is 0 Å². The molecule has 1 aromatic heterocycles. The van der Waals surface area contributed by atoms with Crippen LogP contribution in [0.4, 0.5) is 13.2 Å². The van der Waals surface area contributed by atoms with E-state index in [9.17, 15) is 26.4 Å². The Morgan fingerprint density at radius 1 is 1.43 bits per heavy atom. The van der Waals surface area contributed by atoms with E-state index in [0.717, 1.165) is 0 Å². The van der Waals surface area contributed by atoms with Gasteiger partial charge < -0.3 is 9.67 Å². The number of nitrogens with one attached hydrogen (secondary N) is 1. The molecule has 0 saturated heterocycles. The molecular weight excluding hydrogens is 315 g/mol. The van der Waals surface area contributed by atoms with Crippen LogP contribution in [0.15, 0.2) is 12.5 Å². The minimum absolute atomic E-state index is 0.0657. The van der Waals surface area contributed by atoms with Crippen LogP contribution in [0.5, 0.6) is 0 Å². The highest BCUT2D eigenvalue weighted by atomic mass is 32.2. The highest BCUT2D eigenvalue weighted by Gasteiger charge is 2.27. The van der Waals surface area contributed by atoms with E-state index in [2.05, 4.69) is 9.71 Å². The second kappa shape index (κ2) is 6.89. The topological polar surface area (TPSA) is 101 Å². The number of nitrogens with zero attached hydrogens (tertiary/aromatic N) is 2. The second-order valence-corrected chi connectivity index (χ2v) is 6.16. The molecular formula is C10H14F3N3O4S. The van der Waals surface area contributed by atoms with Gasteiger partial charge in [0.25, 0.3) is 0 Å². The van der Waals surface area contributed by atoms with Crippen LogP contribution >= 0.6 is 0 Å². The summed E-state index contributed by atoms with van der Waals surface area (Å²) in [5.41, 5.74) is -0.178. The molecule has 0 atom stereocenters. The molecule has 120 valence electrons. The number of rotatable bonds is 8. The van der Waals surface area contributed by atoms with Crippen molar-refractivity contribution < 1.29 is 31.5 Å². The third kappa shape index (κ3) is 7.09. The lowest BCUT2D eigenvalue weighted by molar-refractivity contribution is -0.134. The lowest BCUT2D eigenvalue weighted by atomic mass is 10.3. The zero-order chi connectivity index (χ0) is 16.1. The van der Waals surface area contributed by atoms with Crippen LogP contribution < -0.4 is 4.72 Å². The smallest absolute Gasteiger partial charge is 0.389 e. The van der Waals surface area contributed by atoms with Gasteiger partial charge in [-0.15, -0.1) is 0 Å². The van der Waals surface area contributed by atoms with Crippen molar-refractivity contribution >= 4 is 16.0 Å². The average molecular weight is 329 g/mol. The third-order valence-corrected chi connectivity index (χ3v) is 3.89. The minimum Gasteiger partial charge on any atom is -0.476 e. The van der Waals surface area contributed by atoms with Crippen molar-refractivity contribution in [3.05, 3.63) is 18.2 Å². The van der Waals surface area contributed by atoms with Crippen molar-refractivity contribution in [1.29, 1.82) is 0 Å². The molecule has 0 aromatic carbocycles. The van der Waals surface area contributed by atoms with E-state index >= 15 is 0 Å². The Morgan fingerprint density at radius 2 is 2.10 bits per heavy atom. The van der Waals surface area contributed by atoms with Crippen LogP contribution in [0.1, 0.15) is 23.3 Å². The summed E-state index contributed by atoms with van der Waals surface area (Å²) in [4.78, 5) is 14.1. The summed E-state index contributed by atoms with van der Waals surface area (Å²) in [7, 11) is -3.78. The van der Waals surface area contributed by atoms with Crippen LogP contribution in [-0.2, 0) is 16.6 Å². The molecule has 0 spiro atoms. The maximum atomic E-state index is 11.9. The Balaban J connectivity index is 2.34. The van der Waals surface area contributed by atoms with Gasteiger partial charge >= 0.3 is 12.1 Å². The molecule has 0 unspecified atom stereocenters. The minimum atomic E-state index is -4.38. The number of carboxylic acids is 1. The average Bonchev–Trinajstić information content (AvgIpc) is 2.75. The van der Waals surface area contributed by atoms with Gasteiger partial charge in [0.1, 0.15) is 0 Å². The molecule has 0 bridgehead atoms. The first-order valence-electron chi connectivity index (χ1n) is 5.88.